The summed E-state index contributed by atoms with van der Waals surface area (Å²) in [7, 11) is 2.02. The van der Waals surface area contributed by atoms with Crippen LogP contribution in [-0.4, -0.2) is 24.5 Å². The summed E-state index contributed by atoms with van der Waals surface area (Å²) in [6, 6.07) is 13.8. The van der Waals surface area contributed by atoms with Gasteiger partial charge in [-0.15, -0.1) is 11.3 Å². The van der Waals surface area contributed by atoms with Crippen LogP contribution in [0.15, 0.2) is 42.5 Å². The molecule has 0 bridgehead atoms. The third kappa shape index (κ3) is 4.18. The van der Waals surface area contributed by atoms with Crippen LogP contribution in [0.3, 0.4) is 0 Å². The van der Waals surface area contributed by atoms with E-state index in [-0.39, 0.29) is 11.9 Å². The molecule has 0 aliphatic heterocycles. The molecular weight excluding hydrogens is 354 g/mol. The fraction of sp³-hybridized carbons (Fsp3) is 0.263. The Labute approximate surface area is 156 Å². The number of nitrogens with one attached hydrogen (secondary N) is 2. The Balaban J connectivity index is 1.67. The Bertz CT molecular complexity index is 876. The molecule has 25 heavy (non-hydrogen) atoms. The summed E-state index contributed by atoms with van der Waals surface area (Å²) < 4.78 is 1.18. The van der Waals surface area contributed by atoms with Gasteiger partial charge in [-0.3, -0.25) is 4.79 Å². The highest BCUT2D eigenvalue weighted by molar-refractivity contribution is 7.18. The van der Waals surface area contributed by atoms with Gasteiger partial charge in [-0.2, -0.15) is 0 Å². The number of carbonyl (C=O) groups excluding carboxylic acids is 1. The predicted octanol–water partition coefficient (Wildman–Crippen LogP) is 3.47. The lowest BCUT2D eigenvalue weighted by Gasteiger charge is -2.19. The second-order valence-corrected chi connectivity index (χ2v) is 7.77. The number of aryl methyl sites for hydroxylation is 1. The average Bonchev–Trinajstić information content (AvgIpc) is 3.01. The van der Waals surface area contributed by atoms with E-state index in [0.717, 1.165) is 26.7 Å². The molecule has 2 atom stereocenters. The van der Waals surface area contributed by atoms with Gasteiger partial charge in [-0.05, 0) is 43.7 Å². The van der Waals surface area contributed by atoms with E-state index in [9.17, 15) is 4.79 Å². The molecule has 6 heteroatoms. The lowest BCUT2D eigenvalue weighted by Crippen LogP contribution is -3.10. The van der Waals surface area contributed by atoms with Gasteiger partial charge in [-0.1, -0.05) is 29.8 Å². The van der Waals surface area contributed by atoms with E-state index in [1.807, 2.05) is 44.3 Å². The number of carbonyl (C=O) groups is 1. The minimum Gasteiger partial charge on any atom is -0.322 e. The van der Waals surface area contributed by atoms with Gasteiger partial charge in [0.05, 0.1) is 17.3 Å². The van der Waals surface area contributed by atoms with Crippen LogP contribution < -0.4 is 10.2 Å². The van der Waals surface area contributed by atoms with E-state index < -0.39 is 0 Å². The first kappa shape index (κ1) is 17.9. The smallest absolute Gasteiger partial charge is 0.279 e. The monoisotopic (exact) mass is 374 g/mol. The fourth-order valence-electron chi connectivity index (χ4n) is 2.62. The van der Waals surface area contributed by atoms with Crippen molar-refractivity contribution < 1.29 is 9.69 Å². The summed E-state index contributed by atoms with van der Waals surface area (Å²) in [5.74, 6) is -0.0316. The largest absolute Gasteiger partial charge is 0.322 e. The highest BCUT2D eigenvalue weighted by Crippen LogP contribution is 2.24. The molecule has 2 aromatic carbocycles. The average molecular weight is 375 g/mol. The van der Waals surface area contributed by atoms with E-state index in [2.05, 4.69) is 18.3 Å². The zero-order valence-corrected chi connectivity index (χ0v) is 16.0. The van der Waals surface area contributed by atoms with Crippen LogP contribution >= 0.6 is 22.9 Å². The first-order valence-electron chi connectivity index (χ1n) is 8.18. The number of fused-ring (bicyclic) bond motifs is 1. The maximum Gasteiger partial charge on any atom is 0.279 e. The van der Waals surface area contributed by atoms with E-state index >= 15 is 0 Å². The number of para-hydroxylation sites is 1. The summed E-state index contributed by atoms with van der Waals surface area (Å²) in [6.07, 6.45) is 0. The van der Waals surface area contributed by atoms with Crippen LogP contribution in [0.25, 0.3) is 10.2 Å². The Kier molecular flexibility index (Phi) is 5.37. The van der Waals surface area contributed by atoms with E-state index in [1.165, 1.54) is 4.70 Å². The van der Waals surface area contributed by atoms with Gasteiger partial charge < -0.3 is 10.2 Å². The zero-order valence-electron chi connectivity index (χ0n) is 14.5. The topological polar surface area (TPSA) is 46.4 Å². The molecule has 0 spiro atoms. The molecule has 0 saturated carbocycles. The molecular formula is C19H21ClN3OS+. The summed E-state index contributed by atoms with van der Waals surface area (Å²) in [6.45, 7) is 4.42. The van der Waals surface area contributed by atoms with Crippen molar-refractivity contribution in [3.8, 4) is 0 Å². The number of nitrogens with zero attached hydrogens (tertiary/aromatic N) is 1. The van der Waals surface area contributed by atoms with Crippen LogP contribution in [-0.2, 0) is 4.79 Å². The Morgan fingerprint density at radius 2 is 2.08 bits per heavy atom. The maximum absolute atomic E-state index is 12.4. The van der Waals surface area contributed by atoms with E-state index in [1.54, 1.807) is 17.4 Å². The standard InChI is InChI=1S/C19H20ClN3OS/c1-12-8-9-14(20)10-16(12)21-18(24)11-23(3)13(2)19-22-15-6-4-5-7-17(15)25-19/h4-10,13H,11H2,1-3H3,(H,21,24)/p+1/t13-/m1/s1. The third-order valence-electron chi connectivity index (χ3n) is 4.33. The van der Waals surface area contributed by atoms with E-state index in [4.69, 9.17) is 16.6 Å². The molecule has 0 fully saturated rings. The molecule has 130 valence electrons. The quantitative estimate of drug-likeness (QED) is 0.718. The lowest BCUT2D eigenvalue weighted by atomic mass is 10.2. The second-order valence-electron chi connectivity index (χ2n) is 6.27. The molecule has 0 saturated heterocycles. The minimum atomic E-state index is -0.0316. The lowest BCUT2D eigenvalue weighted by molar-refractivity contribution is -0.902. The molecule has 4 nitrogen and oxygen atoms in total. The minimum absolute atomic E-state index is 0.0316. The molecule has 1 amide bonds. The summed E-state index contributed by atoms with van der Waals surface area (Å²) in [5, 5.41) is 4.62. The Hall–Kier alpha value is -1.95. The molecule has 3 rings (SSSR count). The van der Waals surface area contributed by atoms with Crippen LogP contribution in [0, 0.1) is 6.92 Å². The number of quaternary nitrogens is 1. The third-order valence-corrected chi connectivity index (χ3v) is 5.79. The number of thiazole rings is 1. The van der Waals surface area contributed by atoms with Crippen molar-refractivity contribution in [2.24, 2.45) is 0 Å². The van der Waals surface area contributed by atoms with Crippen molar-refractivity contribution in [3.63, 3.8) is 0 Å². The summed E-state index contributed by atoms with van der Waals surface area (Å²) in [5.41, 5.74) is 2.77. The highest BCUT2D eigenvalue weighted by Gasteiger charge is 2.22. The maximum atomic E-state index is 12.4. The Morgan fingerprint density at radius 1 is 1.32 bits per heavy atom. The van der Waals surface area contributed by atoms with Crippen LogP contribution in [0.2, 0.25) is 5.02 Å². The van der Waals surface area contributed by atoms with Crippen molar-refractivity contribution in [1.82, 2.24) is 4.98 Å². The molecule has 2 N–H and O–H groups in total. The SMILES string of the molecule is Cc1ccc(Cl)cc1NC(=O)C[NH+](C)[C@H](C)c1nc2ccccc2s1. The molecule has 3 aromatic rings. The first-order valence-corrected chi connectivity index (χ1v) is 9.37. The van der Waals surface area contributed by atoms with Gasteiger partial charge in [0.15, 0.2) is 11.6 Å². The number of hydrogen-bond donors (Lipinski definition) is 2. The number of hydrogen-bond acceptors (Lipinski definition) is 3. The van der Waals surface area contributed by atoms with Gasteiger partial charge in [0, 0.05) is 10.7 Å². The number of benzene rings is 2. The molecule has 0 aliphatic carbocycles. The fourth-order valence-corrected chi connectivity index (χ4v) is 3.90. The molecule has 1 heterocycles. The highest BCUT2D eigenvalue weighted by atomic mass is 35.5. The number of rotatable bonds is 5. The van der Waals surface area contributed by atoms with Gasteiger partial charge in [-0.25, -0.2) is 4.98 Å². The number of anilines is 1. The van der Waals surface area contributed by atoms with E-state index in [0.29, 0.717) is 11.6 Å². The van der Waals surface area contributed by atoms with Crippen LogP contribution in [0.4, 0.5) is 5.69 Å². The molecule has 0 radical (unpaired) electrons. The Morgan fingerprint density at radius 3 is 2.84 bits per heavy atom. The van der Waals surface area contributed by atoms with Crippen LogP contribution in [0.5, 0.6) is 0 Å². The van der Waals surface area contributed by atoms with Gasteiger partial charge in [0.2, 0.25) is 0 Å². The van der Waals surface area contributed by atoms with Crippen molar-refractivity contribution in [1.29, 1.82) is 0 Å². The van der Waals surface area contributed by atoms with Gasteiger partial charge >= 0.3 is 0 Å². The number of aromatic nitrogens is 1. The molecule has 0 aliphatic rings. The molecule has 1 unspecified atom stereocenters. The first-order chi connectivity index (χ1) is 11.9. The van der Waals surface area contributed by atoms with Crippen molar-refractivity contribution in [3.05, 3.63) is 58.1 Å². The second kappa shape index (κ2) is 7.52. The number of amides is 1. The van der Waals surface area contributed by atoms with Gasteiger partial charge in [0.1, 0.15) is 6.04 Å². The van der Waals surface area contributed by atoms with Crippen molar-refractivity contribution in [2.75, 3.05) is 18.9 Å². The molecule has 1 aromatic heterocycles. The number of likely N-dealkylation sites (N-methyl/N-ethyl adjacent to an activating group) is 1. The zero-order chi connectivity index (χ0) is 18.0. The summed E-state index contributed by atoms with van der Waals surface area (Å²) >= 11 is 7.70. The number of halogens is 1. The van der Waals surface area contributed by atoms with Crippen molar-refractivity contribution >= 4 is 44.7 Å². The summed E-state index contributed by atoms with van der Waals surface area (Å²) in [4.78, 5) is 18.2. The predicted molar refractivity (Wildman–Crippen MR) is 105 cm³/mol. The normalized spacial score (nSPS) is 13.6. The van der Waals surface area contributed by atoms with Crippen LogP contribution in [0.1, 0.15) is 23.5 Å². The van der Waals surface area contributed by atoms with Crippen molar-refractivity contribution in [2.45, 2.75) is 19.9 Å². The van der Waals surface area contributed by atoms with Gasteiger partial charge in [0.25, 0.3) is 5.91 Å².